The molecule has 0 aliphatic heterocycles. The number of carbonyl (C=O) groups is 1. The predicted octanol–water partition coefficient (Wildman–Crippen LogP) is 3.61. The van der Waals surface area contributed by atoms with Gasteiger partial charge in [0.15, 0.2) is 0 Å². The van der Waals surface area contributed by atoms with Crippen LogP contribution in [0, 0.1) is 0 Å². The third kappa shape index (κ3) is 7.77. The molecule has 0 atom stereocenters. The lowest BCUT2D eigenvalue weighted by molar-refractivity contribution is -0.145. The van der Waals surface area contributed by atoms with Crippen LogP contribution < -0.4 is 11.1 Å². The Hall–Kier alpha value is -1.47. The lowest BCUT2D eigenvalue weighted by Crippen LogP contribution is -2.14. The quantitative estimate of drug-likeness (QED) is 0.595. The van der Waals surface area contributed by atoms with Crippen molar-refractivity contribution in [2.24, 2.45) is 0 Å². The van der Waals surface area contributed by atoms with Crippen LogP contribution in [-0.2, 0) is 9.53 Å². The molecule has 0 aromatic heterocycles. The Morgan fingerprint density at radius 1 is 1.33 bits per heavy atom. The molecule has 0 aliphatic rings. The minimum Gasteiger partial charge on any atom is -0.397 e. The van der Waals surface area contributed by atoms with Crippen LogP contribution in [0.5, 0.6) is 0 Å². The minimum atomic E-state index is -4.22. The summed E-state index contributed by atoms with van der Waals surface area (Å²) in [6.45, 7) is -0.287. The Balaban J connectivity index is 2.18. The first-order valence-corrected chi connectivity index (χ1v) is 6.65. The van der Waals surface area contributed by atoms with Gasteiger partial charge < -0.3 is 15.8 Å². The number of halogens is 4. The van der Waals surface area contributed by atoms with Crippen molar-refractivity contribution in [3.05, 3.63) is 23.2 Å². The maximum absolute atomic E-state index is 11.8. The van der Waals surface area contributed by atoms with Gasteiger partial charge in [-0.1, -0.05) is 11.6 Å². The van der Waals surface area contributed by atoms with E-state index in [0.717, 1.165) is 0 Å². The number of rotatable bonds is 7. The highest BCUT2D eigenvalue weighted by atomic mass is 35.5. The molecule has 0 radical (unpaired) electrons. The minimum absolute atomic E-state index is 0.103. The number of nitrogens with two attached hydrogens (primary N) is 1. The second kappa shape index (κ2) is 8.09. The number of hydrogen-bond donors (Lipinski definition) is 2. The van der Waals surface area contributed by atoms with Crippen LogP contribution >= 0.6 is 11.6 Å². The van der Waals surface area contributed by atoms with E-state index < -0.39 is 19.2 Å². The average Bonchev–Trinajstić information content (AvgIpc) is 2.37. The second-order valence-electron chi connectivity index (χ2n) is 4.37. The van der Waals surface area contributed by atoms with Gasteiger partial charge in [-0.05, 0) is 24.6 Å². The molecule has 118 valence electrons. The van der Waals surface area contributed by atoms with E-state index >= 15 is 0 Å². The zero-order chi connectivity index (χ0) is 15.9. The Bertz CT molecular complexity index is 481. The van der Waals surface area contributed by atoms with Crippen molar-refractivity contribution in [1.29, 1.82) is 0 Å². The molecule has 1 aromatic rings. The summed E-state index contributed by atoms with van der Waals surface area (Å²) in [7, 11) is 0. The highest BCUT2D eigenvalue weighted by Crippen LogP contribution is 2.22. The highest BCUT2D eigenvalue weighted by molar-refractivity contribution is 6.33. The van der Waals surface area contributed by atoms with E-state index in [-0.39, 0.29) is 18.9 Å². The number of nitrogens with one attached hydrogen (secondary N) is 1. The van der Waals surface area contributed by atoms with Gasteiger partial charge in [-0.3, -0.25) is 4.79 Å². The van der Waals surface area contributed by atoms with Gasteiger partial charge in [0, 0.05) is 18.7 Å². The van der Waals surface area contributed by atoms with Crippen LogP contribution in [0.15, 0.2) is 18.2 Å². The molecule has 0 saturated carbocycles. The smallest absolute Gasteiger partial charge is 0.391 e. The molecule has 1 rings (SSSR count). The molecule has 0 aliphatic carbocycles. The average molecular weight is 325 g/mol. The van der Waals surface area contributed by atoms with Gasteiger partial charge in [0.2, 0.25) is 5.91 Å². The fourth-order valence-electron chi connectivity index (χ4n) is 1.47. The van der Waals surface area contributed by atoms with Crippen molar-refractivity contribution in [1.82, 2.24) is 0 Å². The molecule has 0 saturated heterocycles. The normalized spacial score (nSPS) is 11.4. The largest absolute Gasteiger partial charge is 0.397 e. The van der Waals surface area contributed by atoms with Gasteiger partial charge in [-0.25, -0.2) is 0 Å². The summed E-state index contributed by atoms with van der Waals surface area (Å²) in [5.74, 6) is -0.267. The van der Waals surface area contributed by atoms with Crippen molar-refractivity contribution >= 4 is 28.9 Å². The van der Waals surface area contributed by atoms with Crippen molar-refractivity contribution in [2.45, 2.75) is 25.4 Å². The molecular formula is C13H16ClF3N2O2. The zero-order valence-corrected chi connectivity index (χ0v) is 11.9. The van der Waals surface area contributed by atoms with Gasteiger partial charge in [0.1, 0.15) is 0 Å². The van der Waals surface area contributed by atoms with Gasteiger partial charge >= 0.3 is 6.18 Å². The summed E-state index contributed by atoms with van der Waals surface area (Å²) in [6, 6.07) is 4.70. The molecule has 1 amide bonds. The Kier molecular flexibility index (Phi) is 6.77. The monoisotopic (exact) mass is 324 g/mol. The number of benzene rings is 1. The topological polar surface area (TPSA) is 64.3 Å². The van der Waals surface area contributed by atoms with E-state index in [4.69, 9.17) is 22.1 Å². The summed E-state index contributed by atoms with van der Waals surface area (Å²) >= 11 is 5.75. The van der Waals surface area contributed by atoms with E-state index in [9.17, 15) is 18.0 Å². The summed E-state index contributed by atoms with van der Waals surface area (Å²) < 4.78 is 40.3. The van der Waals surface area contributed by atoms with Crippen LogP contribution in [-0.4, -0.2) is 25.3 Å². The molecule has 8 heteroatoms. The number of anilines is 2. The summed E-state index contributed by atoms with van der Waals surface area (Å²) in [5.41, 5.74) is 6.46. The van der Waals surface area contributed by atoms with Crippen molar-refractivity contribution in [2.75, 3.05) is 24.3 Å². The molecule has 0 spiro atoms. The second-order valence-corrected chi connectivity index (χ2v) is 4.77. The van der Waals surface area contributed by atoms with Crippen LogP contribution in [0.1, 0.15) is 19.3 Å². The van der Waals surface area contributed by atoms with Gasteiger partial charge in [-0.15, -0.1) is 0 Å². The van der Waals surface area contributed by atoms with E-state index in [1.807, 2.05) is 0 Å². The lowest BCUT2D eigenvalue weighted by atomic mass is 10.2. The molecule has 0 bridgehead atoms. The van der Waals surface area contributed by atoms with Crippen molar-refractivity contribution in [3.63, 3.8) is 0 Å². The van der Waals surface area contributed by atoms with Crippen LogP contribution in [0.2, 0.25) is 5.02 Å². The number of hydrogen-bond acceptors (Lipinski definition) is 3. The van der Waals surface area contributed by atoms with E-state index in [2.05, 4.69) is 5.32 Å². The fourth-order valence-corrected chi connectivity index (χ4v) is 1.59. The lowest BCUT2D eigenvalue weighted by Gasteiger charge is -2.08. The maximum Gasteiger partial charge on any atom is 0.391 e. The van der Waals surface area contributed by atoms with Gasteiger partial charge in [0.25, 0.3) is 0 Å². The summed E-state index contributed by atoms with van der Waals surface area (Å²) in [5, 5.41) is 3.01. The summed E-state index contributed by atoms with van der Waals surface area (Å²) in [6.07, 6.45) is -4.71. The molecule has 3 N–H and O–H groups in total. The third-order valence-corrected chi connectivity index (χ3v) is 2.85. The number of carbonyl (C=O) groups excluding carboxylic acids is 1. The number of alkyl halides is 3. The number of amides is 1. The highest BCUT2D eigenvalue weighted by Gasteiger charge is 2.26. The first-order valence-electron chi connectivity index (χ1n) is 6.27. The van der Waals surface area contributed by atoms with E-state index in [0.29, 0.717) is 22.8 Å². The number of nitrogen functional groups attached to an aromatic ring is 1. The molecule has 1 aromatic carbocycles. The van der Waals surface area contributed by atoms with Gasteiger partial charge in [-0.2, -0.15) is 13.2 Å². The zero-order valence-electron chi connectivity index (χ0n) is 11.2. The first kappa shape index (κ1) is 17.6. The van der Waals surface area contributed by atoms with Crippen molar-refractivity contribution in [3.8, 4) is 0 Å². The molecule has 4 nitrogen and oxygen atoms in total. The molecule has 0 unspecified atom stereocenters. The summed E-state index contributed by atoms with van der Waals surface area (Å²) in [4.78, 5) is 11.6. The van der Waals surface area contributed by atoms with Crippen LogP contribution in [0.3, 0.4) is 0 Å². The predicted molar refractivity (Wildman–Crippen MR) is 75.2 cm³/mol. The van der Waals surface area contributed by atoms with Gasteiger partial charge in [0.05, 0.1) is 23.7 Å². The van der Waals surface area contributed by atoms with Crippen LogP contribution in [0.25, 0.3) is 0 Å². The number of ether oxygens (including phenoxy) is 1. The third-order valence-electron chi connectivity index (χ3n) is 2.50. The Morgan fingerprint density at radius 3 is 2.67 bits per heavy atom. The molecule has 0 heterocycles. The molecule has 0 fully saturated rings. The standard InChI is InChI=1S/C13H16ClF3N2O2/c14-10-4-3-9(8-11(10)18)19-12(20)2-1-6-21-7-5-13(15,16)17/h3-4,8H,1-2,5-7,18H2,(H,19,20). The first-order chi connectivity index (χ1) is 9.78. The van der Waals surface area contributed by atoms with Crippen LogP contribution in [0.4, 0.5) is 24.5 Å². The van der Waals surface area contributed by atoms with E-state index in [1.54, 1.807) is 12.1 Å². The SMILES string of the molecule is Nc1cc(NC(=O)CCCOCCC(F)(F)F)ccc1Cl. The maximum atomic E-state index is 11.8. The van der Waals surface area contributed by atoms with E-state index in [1.165, 1.54) is 6.07 Å². The van der Waals surface area contributed by atoms with Crippen molar-refractivity contribution < 1.29 is 22.7 Å². The Morgan fingerprint density at radius 2 is 2.05 bits per heavy atom. The molecule has 21 heavy (non-hydrogen) atoms. The molecular weight excluding hydrogens is 309 g/mol. The Labute approximate surface area is 125 Å². The fraction of sp³-hybridized carbons (Fsp3) is 0.462.